The van der Waals surface area contributed by atoms with Gasteiger partial charge in [-0.25, -0.2) is 17.8 Å². The smallest absolute Gasteiger partial charge is 0.399 e. The highest BCUT2D eigenvalue weighted by Gasteiger charge is 2.36. The van der Waals surface area contributed by atoms with Crippen molar-refractivity contribution in [3.8, 4) is 5.75 Å². The molecule has 0 fully saturated rings. The molecule has 0 bridgehead atoms. The maximum absolute atomic E-state index is 13.3. The molecular weight excluding hydrogens is 290 g/mol. The normalized spacial score (nSPS) is 12.6. The second kappa shape index (κ2) is 4.30. The zero-order valence-electron chi connectivity index (χ0n) is 8.05. The Morgan fingerprint density at radius 2 is 1.94 bits per heavy atom. The first-order valence-corrected chi connectivity index (χ1v) is 6.19. The van der Waals surface area contributed by atoms with Gasteiger partial charge in [-0.3, -0.25) is 0 Å². The number of aromatic nitrogens is 1. The third kappa shape index (κ3) is 3.43. The minimum absolute atomic E-state index is 0.312. The van der Waals surface area contributed by atoms with Crippen LogP contribution in [-0.2, 0) is 9.05 Å². The van der Waals surface area contributed by atoms with Gasteiger partial charge in [-0.2, -0.15) is 0 Å². The highest BCUT2D eigenvalue weighted by molar-refractivity contribution is 8.13. The molecule has 1 rings (SSSR count). The van der Waals surface area contributed by atoms with Gasteiger partial charge in [0.2, 0.25) is 10.8 Å². The molecule has 0 saturated heterocycles. The van der Waals surface area contributed by atoms with Crippen molar-refractivity contribution in [2.45, 2.75) is 18.3 Å². The number of halogens is 5. The maximum Gasteiger partial charge on any atom is 0.573 e. The molecule has 0 N–H and O–H groups in total. The number of aryl methyl sites for hydroxylation is 1. The van der Waals surface area contributed by atoms with Gasteiger partial charge in [0.05, 0.1) is 0 Å². The van der Waals surface area contributed by atoms with Crippen molar-refractivity contribution in [1.29, 1.82) is 0 Å². The van der Waals surface area contributed by atoms with E-state index in [-0.39, 0.29) is 5.56 Å². The molecule has 0 radical (unpaired) electrons. The summed E-state index contributed by atoms with van der Waals surface area (Å²) in [4.78, 5) is 3.11. The lowest BCUT2D eigenvalue weighted by atomic mass is 10.3. The van der Waals surface area contributed by atoms with Crippen molar-refractivity contribution in [2.75, 3.05) is 0 Å². The van der Waals surface area contributed by atoms with Crippen LogP contribution in [0.1, 0.15) is 5.56 Å². The maximum atomic E-state index is 13.3. The number of alkyl halides is 3. The van der Waals surface area contributed by atoms with E-state index in [4.69, 9.17) is 10.7 Å². The Bertz CT molecular complexity index is 543. The zero-order chi connectivity index (χ0) is 13.4. The SMILES string of the molecule is Cc1cnc(S(=O)(=O)Cl)c(OC(F)(F)F)c1F. The van der Waals surface area contributed by atoms with Crippen molar-refractivity contribution >= 4 is 19.7 Å². The summed E-state index contributed by atoms with van der Waals surface area (Å²) in [6, 6.07) is 0. The summed E-state index contributed by atoms with van der Waals surface area (Å²) < 4.78 is 74.3. The van der Waals surface area contributed by atoms with Gasteiger partial charge < -0.3 is 4.74 Å². The van der Waals surface area contributed by atoms with Gasteiger partial charge in [0.25, 0.3) is 9.05 Å². The van der Waals surface area contributed by atoms with Crippen LogP contribution in [0.2, 0.25) is 0 Å². The fraction of sp³-hybridized carbons (Fsp3) is 0.286. The second-order valence-electron chi connectivity index (χ2n) is 2.88. The molecule has 0 saturated carbocycles. The van der Waals surface area contributed by atoms with Crippen LogP contribution in [0.5, 0.6) is 5.75 Å². The number of rotatable bonds is 2. The lowest BCUT2D eigenvalue weighted by Gasteiger charge is -2.12. The van der Waals surface area contributed by atoms with E-state index in [9.17, 15) is 26.0 Å². The molecule has 10 heteroatoms. The van der Waals surface area contributed by atoms with Gasteiger partial charge in [-0.05, 0) is 6.92 Å². The Morgan fingerprint density at radius 3 is 2.35 bits per heavy atom. The molecule has 0 aliphatic carbocycles. The second-order valence-corrected chi connectivity index (χ2v) is 5.36. The summed E-state index contributed by atoms with van der Waals surface area (Å²) in [5.74, 6) is -3.05. The van der Waals surface area contributed by atoms with Crippen molar-refractivity contribution in [2.24, 2.45) is 0 Å². The number of nitrogens with zero attached hydrogens (tertiary/aromatic N) is 1. The van der Waals surface area contributed by atoms with Gasteiger partial charge in [0.15, 0.2) is 5.82 Å². The molecule has 0 aliphatic rings. The fourth-order valence-corrected chi connectivity index (χ4v) is 1.78. The standard InChI is InChI=1S/C7H4ClF4NO3S/c1-3-2-13-6(17(8,14)15)5(4(3)9)16-7(10,11)12/h2H,1H3. The number of hydrogen-bond donors (Lipinski definition) is 0. The van der Waals surface area contributed by atoms with Crippen molar-refractivity contribution in [3.05, 3.63) is 17.6 Å². The van der Waals surface area contributed by atoms with Gasteiger partial charge in [-0.15, -0.1) is 13.2 Å². The van der Waals surface area contributed by atoms with E-state index in [0.29, 0.717) is 0 Å². The molecule has 1 aromatic rings. The Hall–Kier alpha value is -1.09. The number of hydrogen-bond acceptors (Lipinski definition) is 4. The van der Waals surface area contributed by atoms with E-state index in [0.717, 1.165) is 13.1 Å². The molecule has 0 aliphatic heterocycles. The van der Waals surface area contributed by atoms with Crippen LogP contribution in [0.15, 0.2) is 11.2 Å². The highest BCUT2D eigenvalue weighted by Crippen LogP contribution is 2.33. The number of pyridine rings is 1. The van der Waals surface area contributed by atoms with Crippen molar-refractivity contribution < 1.29 is 30.7 Å². The van der Waals surface area contributed by atoms with E-state index in [1.165, 1.54) is 0 Å². The summed E-state index contributed by atoms with van der Waals surface area (Å²) in [6.45, 7) is 1.09. The molecule has 0 spiro atoms. The third-order valence-electron chi connectivity index (χ3n) is 1.56. The topological polar surface area (TPSA) is 56.3 Å². The van der Waals surface area contributed by atoms with E-state index < -0.39 is 32.0 Å². The number of ether oxygens (including phenoxy) is 1. The summed E-state index contributed by atoms with van der Waals surface area (Å²) in [5, 5.41) is -1.32. The third-order valence-corrected chi connectivity index (χ3v) is 2.76. The molecule has 0 atom stereocenters. The molecule has 1 aromatic heterocycles. The first-order chi connectivity index (χ1) is 7.52. The van der Waals surface area contributed by atoms with Crippen molar-refractivity contribution in [3.63, 3.8) is 0 Å². The van der Waals surface area contributed by atoms with E-state index >= 15 is 0 Å². The zero-order valence-corrected chi connectivity index (χ0v) is 9.62. The molecule has 0 unspecified atom stereocenters. The van der Waals surface area contributed by atoms with E-state index in [1.54, 1.807) is 0 Å². The van der Waals surface area contributed by atoms with Gasteiger partial charge in [-0.1, -0.05) is 0 Å². The fourth-order valence-electron chi connectivity index (χ4n) is 0.922. The van der Waals surface area contributed by atoms with Crippen LogP contribution in [0, 0.1) is 12.7 Å². The quantitative estimate of drug-likeness (QED) is 0.620. The molecule has 4 nitrogen and oxygen atoms in total. The van der Waals surface area contributed by atoms with Gasteiger partial charge in [0.1, 0.15) is 0 Å². The summed E-state index contributed by atoms with van der Waals surface area (Å²) in [5.41, 5.74) is -0.312. The van der Waals surface area contributed by atoms with Crippen LogP contribution in [0.25, 0.3) is 0 Å². The van der Waals surface area contributed by atoms with Crippen LogP contribution >= 0.6 is 10.7 Å². The lowest BCUT2D eigenvalue weighted by molar-refractivity contribution is -0.276. The van der Waals surface area contributed by atoms with E-state index in [1.807, 2.05) is 0 Å². The average molecular weight is 294 g/mol. The first kappa shape index (κ1) is 14.0. The Balaban J connectivity index is 3.48. The Labute approximate surface area is 97.6 Å². The Morgan fingerprint density at radius 1 is 1.41 bits per heavy atom. The first-order valence-electron chi connectivity index (χ1n) is 3.88. The minimum atomic E-state index is -5.26. The predicted octanol–water partition coefficient (Wildman–Crippen LogP) is 2.36. The van der Waals surface area contributed by atoms with Crippen molar-refractivity contribution in [1.82, 2.24) is 4.98 Å². The van der Waals surface area contributed by atoms with Gasteiger partial charge >= 0.3 is 6.36 Å². The van der Waals surface area contributed by atoms with Crippen LogP contribution in [-0.4, -0.2) is 19.8 Å². The molecule has 0 amide bonds. The van der Waals surface area contributed by atoms with Gasteiger partial charge in [0, 0.05) is 22.4 Å². The average Bonchev–Trinajstić information content (AvgIpc) is 2.08. The molecule has 17 heavy (non-hydrogen) atoms. The van der Waals surface area contributed by atoms with Crippen LogP contribution in [0.4, 0.5) is 17.6 Å². The predicted molar refractivity (Wildman–Crippen MR) is 48.7 cm³/mol. The van der Waals surface area contributed by atoms with E-state index in [2.05, 4.69) is 9.72 Å². The molecule has 96 valence electrons. The summed E-state index contributed by atoms with van der Waals surface area (Å²) >= 11 is 0. The summed E-state index contributed by atoms with van der Waals surface area (Å²) in [6.07, 6.45) is -4.53. The highest BCUT2D eigenvalue weighted by atomic mass is 35.7. The lowest BCUT2D eigenvalue weighted by Crippen LogP contribution is -2.20. The van der Waals surface area contributed by atoms with Crippen LogP contribution in [0.3, 0.4) is 0 Å². The molecular formula is C7H4ClF4NO3S. The Kier molecular flexibility index (Phi) is 3.53. The molecule has 0 aromatic carbocycles. The largest absolute Gasteiger partial charge is 0.573 e. The minimum Gasteiger partial charge on any atom is -0.399 e. The monoisotopic (exact) mass is 293 g/mol. The van der Waals surface area contributed by atoms with Crippen LogP contribution < -0.4 is 4.74 Å². The summed E-state index contributed by atoms with van der Waals surface area (Å²) in [7, 11) is 0.164. The molecule has 1 heterocycles.